The van der Waals surface area contributed by atoms with Crippen molar-refractivity contribution in [3.8, 4) is 0 Å². The third kappa shape index (κ3) is 10.1. The van der Waals surface area contributed by atoms with Gasteiger partial charge in [0.1, 0.15) is 0 Å². The minimum atomic E-state index is -1.08. The van der Waals surface area contributed by atoms with E-state index in [0.29, 0.717) is 18.4 Å². The number of benzene rings is 1. The van der Waals surface area contributed by atoms with Gasteiger partial charge in [0.05, 0.1) is 12.0 Å². The predicted octanol–water partition coefficient (Wildman–Crippen LogP) is 2.87. The Bertz CT molecular complexity index is 725. The quantitative estimate of drug-likeness (QED) is 0.261. The maximum absolute atomic E-state index is 12.4. The molecule has 0 aliphatic rings. The summed E-state index contributed by atoms with van der Waals surface area (Å²) in [6, 6.07) is 6.11. The summed E-state index contributed by atoms with van der Waals surface area (Å²) >= 11 is 0. The first-order valence-electron chi connectivity index (χ1n) is 9.55. The molecule has 0 fully saturated rings. The van der Waals surface area contributed by atoms with Crippen LogP contribution in [0.1, 0.15) is 61.4 Å². The molecule has 29 heavy (non-hydrogen) atoms. The largest absolute Gasteiger partial charge is 0.481 e. The molecule has 0 aliphatic carbocycles. The van der Waals surface area contributed by atoms with Gasteiger partial charge in [0.2, 0.25) is 0 Å². The number of aliphatic carboxylic acids is 2. The fourth-order valence-electron chi connectivity index (χ4n) is 2.50. The number of unbranched alkanes of at least 4 members (excludes halogenated alkanes) is 3. The molecule has 0 aromatic heterocycles. The van der Waals surface area contributed by atoms with Gasteiger partial charge in [-0.1, -0.05) is 38.3 Å². The molecule has 1 amide bonds. The van der Waals surface area contributed by atoms with E-state index < -0.39 is 29.9 Å². The van der Waals surface area contributed by atoms with Crippen LogP contribution < -0.4 is 5.32 Å². The highest BCUT2D eigenvalue weighted by molar-refractivity contribution is 5.92. The number of carboxylic acid groups (broad SMARTS) is 2. The van der Waals surface area contributed by atoms with Crippen LogP contribution in [0.15, 0.2) is 30.3 Å². The van der Waals surface area contributed by atoms with Crippen molar-refractivity contribution in [1.29, 1.82) is 0 Å². The number of esters is 1. The second-order valence-corrected chi connectivity index (χ2v) is 6.47. The average molecular weight is 405 g/mol. The molecule has 158 valence electrons. The molecule has 8 heteroatoms. The monoisotopic (exact) mass is 405 g/mol. The summed E-state index contributed by atoms with van der Waals surface area (Å²) in [6.07, 6.45) is 5.15. The maximum Gasteiger partial charge on any atom is 0.338 e. The molecule has 3 N–H and O–H groups in total. The molecule has 0 bridgehead atoms. The van der Waals surface area contributed by atoms with Crippen LogP contribution in [0.4, 0.5) is 0 Å². The summed E-state index contributed by atoms with van der Waals surface area (Å²) in [5.74, 6) is -3.29. The number of hydrogen-bond acceptors (Lipinski definition) is 5. The van der Waals surface area contributed by atoms with Gasteiger partial charge in [-0.3, -0.25) is 9.59 Å². The smallest absolute Gasteiger partial charge is 0.338 e. The van der Waals surface area contributed by atoms with Crippen LogP contribution in [-0.4, -0.2) is 46.7 Å². The molecule has 1 aromatic carbocycles. The Balaban J connectivity index is 2.73. The van der Waals surface area contributed by atoms with Crippen LogP contribution >= 0.6 is 0 Å². The maximum atomic E-state index is 12.4. The fourth-order valence-corrected chi connectivity index (χ4v) is 2.50. The molecule has 1 unspecified atom stereocenters. The SMILES string of the molecule is CCCCCCC(OC(=O)c1ccc(/C=C/C(=O)O)cc1)C(=O)NCCC(=O)O. The van der Waals surface area contributed by atoms with Gasteiger partial charge in [-0.05, 0) is 36.6 Å². The molecule has 0 radical (unpaired) electrons. The molecular formula is C21H27NO7. The molecule has 8 nitrogen and oxygen atoms in total. The number of hydrogen-bond donors (Lipinski definition) is 3. The van der Waals surface area contributed by atoms with E-state index in [4.69, 9.17) is 14.9 Å². The summed E-state index contributed by atoms with van der Waals surface area (Å²) in [5.41, 5.74) is 0.834. The van der Waals surface area contributed by atoms with E-state index >= 15 is 0 Å². The van der Waals surface area contributed by atoms with Gasteiger partial charge in [0, 0.05) is 12.6 Å². The number of carboxylic acids is 2. The molecule has 0 aliphatic heterocycles. The number of carbonyl (C=O) groups is 4. The Hall–Kier alpha value is -3.16. The first-order valence-corrected chi connectivity index (χ1v) is 9.55. The minimum absolute atomic E-state index is 0.0399. The van der Waals surface area contributed by atoms with Crippen LogP contribution in [0.3, 0.4) is 0 Å². The molecule has 1 aromatic rings. The summed E-state index contributed by atoms with van der Waals surface area (Å²) in [4.78, 5) is 45.8. The third-order valence-corrected chi connectivity index (χ3v) is 4.06. The second-order valence-electron chi connectivity index (χ2n) is 6.47. The highest BCUT2D eigenvalue weighted by atomic mass is 16.5. The first kappa shape index (κ1) is 23.9. The topological polar surface area (TPSA) is 130 Å². The van der Waals surface area contributed by atoms with E-state index in [1.807, 2.05) is 0 Å². The summed E-state index contributed by atoms with van der Waals surface area (Å²) in [5, 5.41) is 19.8. The van der Waals surface area contributed by atoms with E-state index in [9.17, 15) is 19.2 Å². The summed E-state index contributed by atoms with van der Waals surface area (Å²) < 4.78 is 5.36. The Morgan fingerprint density at radius 1 is 1.07 bits per heavy atom. The van der Waals surface area contributed by atoms with E-state index in [1.165, 1.54) is 18.2 Å². The average Bonchev–Trinajstić information content (AvgIpc) is 2.68. The molecular weight excluding hydrogens is 378 g/mol. The number of nitrogens with one attached hydrogen (secondary N) is 1. The van der Waals surface area contributed by atoms with Crippen LogP contribution in [0.25, 0.3) is 6.08 Å². The lowest BCUT2D eigenvalue weighted by Gasteiger charge is -2.17. The van der Waals surface area contributed by atoms with Gasteiger partial charge < -0.3 is 20.3 Å². The van der Waals surface area contributed by atoms with Crippen LogP contribution in [0.5, 0.6) is 0 Å². The van der Waals surface area contributed by atoms with Crippen molar-refractivity contribution in [1.82, 2.24) is 5.32 Å². The van der Waals surface area contributed by atoms with Gasteiger partial charge in [0.15, 0.2) is 6.10 Å². The van der Waals surface area contributed by atoms with Crippen molar-refractivity contribution < 1.29 is 34.1 Å². The van der Waals surface area contributed by atoms with Crippen LogP contribution in [-0.2, 0) is 19.1 Å². The van der Waals surface area contributed by atoms with Gasteiger partial charge >= 0.3 is 17.9 Å². The van der Waals surface area contributed by atoms with Crippen molar-refractivity contribution in [3.05, 3.63) is 41.5 Å². The lowest BCUT2D eigenvalue weighted by atomic mass is 10.1. The zero-order chi connectivity index (χ0) is 21.6. The Kier molecular flexibility index (Phi) is 10.8. The minimum Gasteiger partial charge on any atom is -0.481 e. The fraction of sp³-hybridized carbons (Fsp3) is 0.429. The second kappa shape index (κ2) is 13.1. The zero-order valence-corrected chi connectivity index (χ0v) is 16.4. The van der Waals surface area contributed by atoms with Gasteiger partial charge in [-0.25, -0.2) is 9.59 Å². The number of amides is 1. The molecule has 0 heterocycles. The lowest BCUT2D eigenvalue weighted by Crippen LogP contribution is -2.38. The number of carbonyl (C=O) groups excluding carboxylic acids is 2. The normalized spacial score (nSPS) is 11.8. The molecule has 0 spiro atoms. The summed E-state index contributed by atoms with van der Waals surface area (Å²) in [7, 11) is 0. The standard InChI is InChI=1S/C21H27NO7/c1-2-3-4-5-6-17(20(27)22-14-13-19(25)26)29-21(28)16-10-7-15(8-11-16)9-12-18(23)24/h7-12,17H,2-6,13-14H2,1H3,(H,22,27)(H,23,24)(H,25,26)/b12-9+. The summed E-state index contributed by atoms with van der Waals surface area (Å²) in [6.45, 7) is 2.02. The molecule has 1 rings (SSSR count). The van der Waals surface area contributed by atoms with Crippen LogP contribution in [0, 0.1) is 0 Å². The van der Waals surface area contributed by atoms with Gasteiger partial charge in [-0.15, -0.1) is 0 Å². The third-order valence-electron chi connectivity index (χ3n) is 4.06. The lowest BCUT2D eigenvalue weighted by molar-refractivity contribution is -0.137. The highest BCUT2D eigenvalue weighted by Gasteiger charge is 2.23. The van der Waals surface area contributed by atoms with Crippen molar-refractivity contribution in [2.24, 2.45) is 0 Å². The van der Waals surface area contributed by atoms with Gasteiger partial charge in [0.25, 0.3) is 5.91 Å². The van der Waals surface area contributed by atoms with E-state index in [1.54, 1.807) is 12.1 Å². The predicted molar refractivity (Wildman–Crippen MR) is 106 cm³/mol. The Labute approximate surface area is 169 Å². The Morgan fingerprint density at radius 3 is 2.34 bits per heavy atom. The number of rotatable bonds is 13. The number of ether oxygens (including phenoxy) is 1. The van der Waals surface area contributed by atoms with E-state index in [0.717, 1.165) is 25.3 Å². The van der Waals surface area contributed by atoms with E-state index in [2.05, 4.69) is 12.2 Å². The van der Waals surface area contributed by atoms with Crippen molar-refractivity contribution in [2.75, 3.05) is 6.54 Å². The van der Waals surface area contributed by atoms with Crippen molar-refractivity contribution in [3.63, 3.8) is 0 Å². The first-order chi connectivity index (χ1) is 13.8. The van der Waals surface area contributed by atoms with Crippen molar-refractivity contribution in [2.45, 2.75) is 51.6 Å². The van der Waals surface area contributed by atoms with Gasteiger partial charge in [-0.2, -0.15) is 0 Å². The molecule has 0 saturated heterocycles. The zero-order valence-electron chi connectivity index (χ0n) is 16.4. The van der Waals surface area contributed by atoms with Crippen LogP contribution in [0.2, 0.25) is 0 Å². The van der Waals surface area contributed by atoms with E-state index in [-0.39, 0.29) is 18.5 Å². The molecule has 1 atom stereocenters. The van der Waals surface area contributed by atoms with Crippen molar-refractivity contribution >= 4 is 29.9 Å². The highest BCUT2D eigenvalue weighted by Crippen LogP contribution is 2.13. The molecule has 0 saturated carbocycles. The Morgan fingerprint density at radius 2 is 1.76 bits per heavy atom.